The van der Waals surface area contributed by atoms with Crippen LogP contribution in [-0.4, -0.2) is 66.7 Å². The molecular formula is C24H21N5O5S4. The molecule has 0 saturated carbocycles. The van der Waals surface area contributed by atoms with Crippen molar-refractivity contribution in [1.29, 1.82) is 0 Å². The highest BCUT2D eigenvalue weighted by Crippen LogP contribution is 2.42. The molecule has 10 nitrogen and oxygen atoms in total. The highest BCUT2D eigenvalue weighted by Gasteiger charge is 2.52. The summed E-state index contributed by atoms with van der Waals surface area (Å²) in [4.78, 5) is 37.1. The smallest absolute Gasteiger partial charge is 0.313 e. The number of carboxylic acid groups (broad SMARTS) is 2. The summed E-state index contributed by atoms with van der Waals surface area (Å²) in [5, 5.41) is 31.7. The monoisotopic (exact) mass is 587 g/mol. The largest absolute Gasteiger partial charge is 0.543 e. The average molecular weight is 588 g/mol. The number of benzene rings is 1. The molecule has 0 spiro atoms. The fourth-order valence-corrected chi connectivity index (χ4v) is 8.23. The summed E-state index contributed by atoms with van der Waals surface area (Å²) in [7, 11) is 0. The quantitative estimate of drug-likeness (QED) is 0.192. The van der Waals surface area contributed by atoms with E-state index in [4.69, 9.17) is 5.11 Å². The lowest BCUT2D eigenvalue weighted by molar-refractivity contribution is -0.688. The summed E-state index contributed by atoms with van der Waals surface area (Å²) in [5.74, 6) is -2.00. The lowest BCUT2D eigenvalue weighted by atomic mass is 10.0. The number of amides is 1. The predicted molar refractivity (Wildman–Crippen MR) is 144 cm³/mol. The second kappa shape index (κ2) is 11.8. The third-order valence-corrected chi connectivity index (χ3v) is 10.3. The Labute approximate surface area is 234 Å². The van der Waals surface area contributed by atoms with Crippen molar-refractivity contribution < 1.29 is 29.2 Å². The summed E-state index contributed by atoms with van der Waals surface area (Å²) >= 11 is 5.13. The summed E-state index contributed by atoms with van der Waals surface area (Å²) in [6.07, 6.45) is 3.87. The van der Waals surface area contributed by atoms with Gasteiger partial charge in [0.05, 0.1) is 17.4 Å². The zero-order valence-corrected chi connectivity index (χ0v) is 22.9. The Morgan fingerprint density at radius 2 is 1.84 bits per heavy atom. The van der Waals surface area contributed by atoms with Crippen LogP contribution in [0.3, 0.4) is 0 Å². The Morgan fingerprint density at radius 1 is 1.13 bits per heavy atom. The molecule has 5 rings (SSSR count). The Bertz CT molecular complexity index is 1380. The summed E-state index contributed by atoms with van der Waals surface area (Å²) in [5.41, 5.74) is 2.46. The van der Waals surface area contributed by atoms with Crippen molar-refractivity contribution in [2.45, 2.75) is 26.6 Å². The summed E-state index contributed by atoms with van der Waals surface area (Å²) in [6.45, 7) is 0.732. The van der Waals surface area contributed by atoms with E-state index in [1.807, 2.05) is 47.3 Å². The van der Waals surface area contributed by atoms with Crippen LogP contribution in [0.4, 0.5) is 5.69 Å². The molecule has 2 aliphatic rings. The number of anilines is 1. The van der Waals surface area contributed by atoms with Gasteiger partial charge in [-0.15, -0.1) is 22.0 Å². The number of pyridine rings is 1. The van der Waals surface area contributed by atoms with E-state index in [0.717, 1.165) is 24.0 Å². The van der Waals surface area contributed by atoms with Gasteiger partial charge in [0.1, 0.15) is 11.4 Å². The normalized spacial score (nSPS) is 18.6. The van der Waals surface area contributed by atoms with E-state index >= 15 is 0 Å². The standard InChI is InChI=1S/C24H21N5O5S4/c30-17(31)13-37-24-27-26-23(38-24)36-12-15-11-35-21-18(20(32)29(21)19(15)22(33)34)25-16-6-8-28(9-7-16)10-14-4-2-1-3-5-14/h1-9,18,21H,10-13H2,(H2,30,31,33,34)/t18-,21-/m1/s1. The molecule has 0 bridgehead atoms. The molecule has 3 aromatic rings. The van der Waals surface area contributed by atoms with Gasteiger partial charge in [0.2, 0.25) is 0 Å². The number of fused-ring (bicyclic) bond motifs is 1. The summed E-state index contributed by atoms with van der Waals surface area (Å²) in [6, 6.07) is 13.3. The first kappa shape index (κ1) is 26.5. The number of aromatic nitrogens is 3. The van der Waals surface area contributed by atoms with E-state index in [9.17, 15) is 19.5 Å². The number of nitrogens with zero attached hydrogens (tertiary/aromatic N) is 4. The Balaban J connectivity index is 1.21. The molecule has 1 amide bonds. The number of nitrogens with one attached hydrogen (secondary N) is 1. The Kier molecular flexibility index (Phi) is 8.21. The lowest BCUT2D eigenvalue weighted by Crippen LogP contribution is -2.68. The molecule has 2 aromatic heterocycles. The van der Waals surface area contributed by atoms with Gasteiger partial charge in [0, 0.05) is 34.9 Å². The second-order valence-electron chi connectivity index (χ2n) is 8.32. The highest BCUT2D eigenvalue weighted by molar-refractivity contribution is 8.03. The van der Waals surface area contributed by atoms with Crippen molar-refractivity contribution in [3.63, 3.8) is 0 Å². The van der Waals surface area contributed by atoms with Gasteiger partial charge in [-0.25, -0.2) is 4.57 Å². The topological polar surface area (TPSA) is 139 Å². The van der Waals surface area contributed by atoms with Crippen molar-refractivity contribution in [2.24, 2.45) is 0 Å². The number of rotatable bonds is 11. The molecule has 1 aromatic carbocycles. The van der Waals surface area contributed by atoms with Gasteiger partial charge in [-0.1, -0.05) is 65.2 Å². The van der Waals surface area contributed by atoms with Crippen molar-refractivity contribution >= 4 is 70.2 Å². The SMILES string of the molecule is O=C(O)CSc1nnc(SCC2=C(C(=O)[O-])N3C(=O)[C@@H](Nc4cc[n+](Cc5ccccc5)cc4)[C@H]3SC2)s1. The molecule has 2 N–H and O–H groups in total. The van der Waals surface area contributed by atoms with Crippen molar-refractivity contribution in [3.8, 4) is 0 Å². The molecule has 1 saturated heterocycles. The first-order valence-electron chi connectivity index (χ1n) is 11.4. The first-order valence-corrected chi connectivity index (χ1v) is 15.2. The molecule has 38 heavy (non-hydrogen) atoms. The zero-order valence-electron chi connectivity index (χ0n) is 19.7. The Morgan fingerprint density at radius 3 is 2.53 bits per heavy atom. The van der Waals surface area contributed by atoms with Crippen LogP contribution in [0.25, 0.3) is 0 Å². The zero-order chi connectivity index (χ0) is 26.6. The van der Waals surface area contributed by atoms with Gasteiger partial charge in [0.25, 0.3) is 5.91 Å². The highest BCUT2D eigenvalue weighted by atomic mass is 32.2. The van der Waals surface area contributed by atoms with Crippen LogP contribution >= 0.6 is 46.6 Å². The average Bonchev–Trinajstić information content (AvgIpc) is 3.38. The predicted octanol–water partition coefficient (Wildman–Crippen LogP) is 1.54. The van der Waals surface area contributed by atoms with E-state index in [1.165, 1.54) is 45.3 Å². The van der Waals surface area contributed by atoms with Crippen LogP contribution in [0.15, 0.2) is 74.8 Å². The maximum absolute atomic E-state index is 13.0. The third-order valence-electron chi connectivity index (χ3n) is 5.74. The maximum Gasteiger partial charge on any atom is 0.313 e. The number of carbonyl (C=O) groups excluding carboxylic acids is 2. The molecule has 14 heteroatoms. The Hall–Kier alpha value is -3.07. The van der Waals surface area contributed by atoms with Crippen LogP contribution in [0, 0.1) is 0 Å². The minimum absolute atomic E-state index is 0.0805. The van der Waals surface area contributed by atoms with Gasteiger partial charge >= 0.3 is 5.97 Å². The van der Waals surface area contributed by atoms with Crippen molar-refractivity contribution in [2.75, 3.05) is 22.6 Å². The molecule has 2 aliphatic heterocycles. The second-order valence-corrected chi connectivity index (χ2v) is 12.8. The van der Waals surface area contributed by atoms with E-state index in [2.05, 4.69) is 27.6 Å². The van der Waals surface area contributed by atoms with Crippen LogP contribution < -0.4 is 15.0 Å². The number of carboxylic acids is 2. The number of carbonyl (C=O) groups is 3. The van der Waals surface area contributed by atoms with Crippen molar-refractivity contribution in [3.05, 3.63) is 71.7 Å². The molecule has 1 fully saturated rings. The first-order chi connectivity index (χ1) is 18.4. The lowest BCUT2D eigenvalue weighted by Gasteiger charge is -2.51. The van der Waals surface area contributed by atoms with E-state index in [1.54, 1.807) is 0 Å². The number of aliphatic carboxylic acids is 2. The minimum Gasteiger partial charge on any atom is -0.543 e. The van der Waals surface area contributed by atoms with Gasteiger partial charge in [-0.3, -0.25) is 14.5 Å². The van der Waals surface area contributed by atoms with Gasteiger partial charge < -0.3 is 20.3 Å². The van der Waals surface area contributed by atoms with E-state index in [0.29, 0.717) is 25.8 Å². The molecule has 0 unspecified atom stereocenters. The number of thioether (sulfide) groups is 3. The van der Waals surface area contributed by atoms with Gasteiger partial charge in [-0.05, 0) is 5.57 Å². The maximum atomic E-state index is 13.0. The molecule has 196 valence electrons. The van der Waals surface area contributed by atoms with Gasteiger partial charge in [0.15, 0.2) is 27.6 Å². The van der Waals surface area contributed by atoms with Crippen molar-refractivity contribution in [1.82, 2.24) is 15.1 Å². The van der Waals surface area contributed by atoms with E-state index < -0.39 is 18.0 Å². The number of β-lactam (4-membered cyclic amide) rings is 1. The molecular weight excluding hydrogens is 567 g/mol. The minimum atomic E-state index is -1.38. The fraction of sp³-hybridized carbons (Fsp3) is 0.250. The molecule has 4 heterocycles. The van der Waals surface area contributed by atoms with Gasteiger partial charge in [-0.2, -0.15) is 0 Å². The molecule has 0 aliphatic carbocycles. The molecule has 0 radical (unpaired) electrons. The molecule has 2 atom stereocenters. The van der Waals surface area contributed by atoms with E-state index in [-0.39, 0.29) is 22.7 Å². The van der Waals surface area contributed by atoms with Crippen LogP contribution in [0.1, 0.15) is 5.56 Å². The summed E-state index contributed by atoms with van der Waals surface area (Å²) < 4.78 is 3.16. The number of hydrogen-bond donors (Lipinski definition) is 2. The third kappa shape index (κ3) is 5.98. The van der Waals surface area contributed by atoms with Crippen LogP contribution in [0.5, 0.6) is 0 Å². The number of hydrogen-bond acceptors (Lipinski definition) is 11. The van der Waals surface area contributed by atoms with Crippen LogP contribution in [-0.2, 0) is 20.9 Å². The van der Waals surface area contributed by atoms with Crippen LogP contribution in [0.2, 0.25) is 0 Å². The fourth-order valence-electron chi connectivity index (χ4n) is 4.00.